The number of carbonyl (C=O) groups is 1. The van der Waals surface area contributed by atoms with Crippen molar-refractivity contribution < 1.29 is 9.53 Å². The average Bonchev–Trinajstić information content (AvgIpc) is 2.77. The van der Waals surface area contributed by atoms with E-state index in [-0.39, 0.29) is 11.6 Å². The molecule has 4 heteroatoms. The van der Waals surface area contributed by atoms with Crippen molar-refractivity contribution in [3.8, 4) is 0 Å². The van der Waals surface area contributed by atoms with Crippen LogP contribution in [0.4, 0.5) is 4.79 Å². The Morgan fingerprint density at radius 2 is 1.77 bits per heavy atom. The van der Waals surface area contributed by atoms with E-state index in [9.17, 15) is 4.79 Å². The Balaban J connectivity index is 1.80. The van der Waals surface area contributed by atoms with Gasteiger partial charge in [0, 0.05) is 6.54 Å². The van der Waals surface area contributed by atoms with Gasteiger partial charge in [0.15, 0.2) is 0 Å². The van der Waals surface area contributed by atoms with E-state index in [1.165, 1.54) is 58.0 Å². The van der Waals surface area contributed by atoms with Gasteiger partial charge < -0.3 is 9.64 Å². The number of piperidine rings is 1. The summed E-state index contributed by atoms with van der Waals surface area (Å²) in [6, 6.07) is 0. The summed E-state index contributed by atoms with van der Waals surface area (Å²) in [6.07, 6.45) is 9.21. The first-order valence-corrected chi connectivity index (χ1v) is 9.06. The monoisotopic (exact) mass is 308 g/mol. The van der Waals surface area contributed by atoms with Gasteiger partial charge in [0.2, 0.25) is 0 Å². The standard InChI is InChI=1S/C18H32N2O2/c1-17(2)14-22-16(21)20(17)13-18(9-11-19(3)12-10-18)15-7-5-4-6-8-15/h15H,4-14H2,1-3H3. The number of likely N-dealkylation sites (tertiary alicyclic amines) is 1. The van der Waals surface area contributed by atoms with Gasteiger partial charge in [0.1, 0.15) is 6.61 Å². The maximum atomic E-state index is 12.2. The fraction of sp³-hybridized carbons (Fsp3) is 0.944. The summed E-state index contributed by atoms with van der Waals surface area (Å²) in [4.78, 5) is 16.7. The van der Waals surface area contributed by atoms with Crippen LogP contribution < -0.4 is 0 Å². The minimum Gasteiger partial charge on any atom is -0.447 e. The van der Waals surface area contributed by atoms with Crippen molar-refractivity contribution in [2.45, 2.75) is 64.3 Å². The van der Waals surface area contributed by atoms with Crippen LogP contribution in [0, 0.1) is 11.3 Å². The van der Waals surface area contributed by atoms with E-state index in [4.69, 9.17) is 4.74 Å². The molecule has 0 aromatic rings. The lowest BCUT2D eigenvalue weighted by molar-refractivity contribution is 0.000954. The highest BCUT2D eigenvalue weighted by Gasteiger charge is 2.48. The first-order valence-electron chi connectivity index (χ1n) is 9.06. The molecular formula is C18H32N2O2. The first-order chi connectivity index (χ1) is 10.4. The van der Waals surface area contributed by atoms with Crippen LogP contribution in [0.2, 0.25) is 0 Å². The van der Waals surface area contributed by atoms with E-state index in [2.05, 4.69) is 25.8 Å². The highest BCUT2D eigenvalue weighted by molar-refractivity contribution is 5.71. The lowest BCUT2D eigenvalue weighted by atomic mass is 9.63. The molecule has 126 valence electrons. The molecule has 0 aromatic heterocycles. The number of hydrogen-bond donors (Lipinski definition) is 0. The van der Waals surface area contributed by atoms with E-state index in [0.29, 0.717) is 12.0 Å². The van der Waals surface area contributed by atoms with Crippen LogP contribution in [0.15, 0.2) is 0 Å². The van der Waals surface area contributed by atoms with Gasteiger partial charge in [-0.3, -0.25) is 4.90 Å². The fourth-order valence-electron chi connectivity index (χ4n) is 4.71. The van der Waals surface area contributed by atoms with Crippen LogP contribution >= 0.6 is 0 Å². The molecule has 1 amide bonds. The Morgan fingerprint density at radius 3 is 2.32 bits per heavy atom. The molecule has 0 atom stereocenters. The molecule has 0 aromatic carbocycles. The molecule has 2 heterocycles. The van der Waals surface area contributed by atoms with Crippen molar-refractivity contribution in [1.29, 1.82) is 0 Å². The van der Waals surface area contributed by atoms with Crippen molar-refractivity contribution in [3.63, 3.8) is 0 Å². The molecule has 3 fully saturated rings. The molecule has 1 aliphatic carbocycles. The van der Waals surface area contributed by atoms with Gasteiger partial charge in [-0.05, 0) is 71.0 Å². The first kappa shape index (κ1) is 16.1. The third-order valence-corrected chi connectivity index (χ3v) is 6.43. The van der Waals surface area contributed by atoms with Gasteiger partial charge in [-0.15, -0.1) is 0 Å². The van der Waals surface area contributed by atoms with Crippen molar-refractivity contribution in [2.24, 2.45) is 11.3 Å². The predicted molar refractivity (Wildman–Crippen MR) is 87.9 cm³/mol. The number of amides is 1. The Bertz CT molecular complexity index is 407. The van der Waals surface area contributed by atoms with Gasteiger partial charge in [-0.25, -0.2) is 4.79 Å². The highest BCUT2D eigenvalue weighted by atomic mass is 16.6. The number of carbonyl (C=O) groups excluding carboxylic acids is 1. The zero-order valence-corrected chi connectivity index (χ0v) is 14.6. The van der Waals surface area contributed by atoms with Crippen molar-refractivity contribution >= 4 is 6.09 Å². The van der Waals surface area contributed by atoms with Gasteiger partial charge in [-0.1, -0.05) is 19.3 Å². The van der Waals surface area contributed by atoms with Crippen molar-refractivity contribution in [2.75, 3.05) is 33.3 Å². The molecule has 22 heavy (non-hydrogen) atoms. The topological polar surface area (TPSA) is 32.8 Å². The predicted octanol–water partition coefficient (Wildman–Crippen LogP) is 3.51. The molecule has 1 saturated carbocycles. The Labute approximate surface area is 135 Å². The molecule has 3 aliphatic rings. The molecule has 0 N–H and O–H groups in total. The van der Waals surface area contributed by atoms with Gasteiger partial charge >= 0.3 is 6.09 Å². The van der Waals surface area contributed by atoms with Gasteiger partial charge in [0.25, 0.3) is 0 Å². The second-order valence-electron chi connectivity index (χ2n) is 8.45. The van der Waals surface area contributed by atoms with Crippen LogP contribution in [-0.2, 0) is 4.74 Å². The number of nitrogens with zero attached hydrogens (tertiary/aromatic N) is 2. The summed E-state index contributed by atoms with van der Waals surface area (Å²) < 4.78 is 5.35. The lowest BCUT2D eigenvalue weighted by Gasteiger charge is -2.50. The third-order valence-electron chi connectivity index (χ3n) is 6.43. The molecule has 0 unspecified atom stereocenters. The molecule has 4 nitrogen and oxygen atoms in total. The Hall–Kier alpha value is -0.770. The minimum atomic E-state index is -0.151. The highest BCUT2D eigenvalue weighted by Crippen LogP contribution is 2.47. The molecule has 2 aliphatic heterocycles. The van der Waals surface area contributed by atoms with E-state index < -0.39 is 0 Å². The van der Waals surface area contributed by atoms with Gasteiger partial charge in [0.05, 0.1) is 5.54 Å². The van der Waals surface area contributed by atoms with Gasteiger partial charge in [-0.2, -0.15) is 0 Å². The van der Waals surface area contributed by atoms with Crippen LogP contribution in [0.3, 0.4) is 0 Å². The minimum absolute atomic E-state index is 0.0980. The van der Waals surface area contributed by atoms with Crippen molar-refractivity contribution in [3.05, 3.63) is 0 Å². The quantitative estimate of drug-likeness (QED) is 0.800. The largest absolute Gasteiger partial charge is 0.447 e. The normalized spacial score (nSPS) is 29.6. The third kappa shape index (κ3) is 2.99. The average molecular weight is 308 g/mol. The molecule has 0 bridgehead atoms. The summed E-state index contributed by atoms with van der Waals surface area (Å²) >= 11 is 0. The van der Waals surface area contributed by atoms with Crippen LogP contribution in [0.1, 0.15) is 58.8 Å². The summed E-state index contributed by atoms with van der Waals surface area (Å²) in [5, 5.41) is 0. The van der Waals surface area contributed by atoms with E-state index >= 15 is 0 Å². The van der Waals surface area contributed by atoms with E-state index in [1.807, 2.05) is 4.90 Å². The Morgan fingerprint density at radius 1 is 1.14 bits per heavy atom. The zero-order chi connectivity index (χ0) is 15.8. The van der Waals surface area contributed by atoms with Crippen LogP contribution in [0.5, 0.6) is 0 Å². The summed E-state index contributed by atoms with van der Waals surface area (Å²) in [6.45, 7) is 8.05. The maximum Gasteiger partial charge on any atom is 0.410 e. The summed E-state index contributed by atoms with van der Waals surface area (Å²) in [5.41, 5.74) is 0.162. The second-order valence-corrected chi connectivity index (χ2v) is 8.45. The molecule has 0 spiro atoms. The maximum absolute atomic E-state index is 12.2. The van der Waals surface area contributed by atoms with Crippen molar-refractivity contribution in [1.82, 2.24) is 9.80 Å². The number of rotatable bonds is 3. The molecule has 2 saturated heterocycles. The zero-order valence-electron chi connectivity index (χ0n) is 14.6. The second kappa shape index (κ2) is 6.03. The number of cyclic esters (lactones) is 1. The van der Waals surface area contributed by atoms with Crippen LogP contribution in [0.25, 0.3) is 0 Å². The molecule has 3 rings (SSSR count). The smallest absolute Gasteiger partial charge is 0.410 e. The number of hydrogen-bond acceptors (Lipinski definition) is 3. The Kier molecular flexibility index (Phi) is 4.41. The summed E-state index contributed by atoms with van der Waals surface area (Å²) in [5.74, 6) is 0.791. The van der Waals surface area contributed by atoms with E-state index in [1.54, 1.807) is 0 Å². The molecular weight excluding hydrogens is 276 g/mol. The molecule has 0 radical (unpaired) electrons. The van der Waals surface area contributed by atoms with E-state index in [0.717, 1.165) is 12.5 Å². The fourth-order valence-corrected chi connectivity index (χ4v) is 4.71. The lowest BCUT2D eigenvalue weighted by Crippen LogP contribution is -2.54. The van der Waals surface area contributed by atoms with Crippen LogP contribution in [-0.4, -0.2) is 54.7 Å². The SMILES string of the molecule is CN1CCC(CN2C(=O)OCC2(C)C)(C2CCCCC2)CC1. The number of ether oxygens (including phenoxy) is 1. The summed E-state index contributed by atoms with van der Waals surface area (Å²) in [7, 11) is 2.22.